The molecule has 1 atom stereocenters. The van der Waals surface area contributed by atoms with Crippen molar-refractivity contribution < 1.29 is 0 Å². The van der Waals surface area contributed by atoms with Crippen LogP contribution < -0.4 is 15.8 Å². The van der Waals surface area contributed by atoms with Gasteiger partial charge in [0, 0.05) is 12.6 Å². The lowest BCUT2D eigenvalue weighted by atomic mass is 9.98. The number of hydrogen-bond acceptors (Lipinski definition) is 4. The smallest absolute Gasteiger partial charge is 0.266 e. The van der Waals surface area contributed by atoms with E-state index in [9.17, 15) is 4.79 Å². The van der Waals surface area contributed by atoms with Crippen LogP contribution in [-0.2, 0) is 0 Å². The maximum absolute atomic E-state index is 11.7. The van der Waals surface area contributed by atoms with Crippen molar-refractivity contribution in [1.82, 2.24) is 15.3 Å². The molecular weight excluding hydrogens is 355 g/mol. The second-order valence-electron chi connectivity index (χ2n) is 5.33. The number of hydrogen-bond donors (Lipinski definition) is 2. The van der Waals surface area contributed by atoms with Crippen molar-refractivity contribution in [2.45, 2.75) is 32.7 Å². The standard InChI is InChI=1S/C13H21IN4O/c1-9(2)18(7-10-4-3-5-15-6-10)12-11(14)13(19)17-8-16-12/h8-10,15H,3-7H2,1-2H3,(H,16,17,19). The summed E-state index contributed by atoms with van der Waals surface area (Å²) in [5.41, 5.74) is -0.0574. The van der Waals surface area contributed by atoms with E-state index in [0.29, 0.717) is 15.5 Å². The number of nitrogens with one attached hydrogen (secondary N) is 2. The van der Waals surface area contributed by atoms with Crippen LogP contribution in [0.15, 0.2) is 11.1 Å². The lowest BCUT2D eigenvalue weighted by Gasteiger charge is -2.34. The SMILES string of the molecule is CC(C)N(CC1CCCNC1)c1nc[nH]c(=O)c1I. The van der Waals surface area contributed by atoms with Crippen molar-refractivity contribution in [3.8, 4) is 0 Å². The predicted octanol–water partition coefficient (Wildman–Crippen LogP) is 1.59. The van der Waals surface area contributed by atoms with Crippen LogP contribution >= 0.6 is 22.6 Å². The number of halogens is 1. The molecule has 0 spiro atoms. The molecule has 6 heteroatoms. The molecule has 1 saturated heterocycles. The summed E-state index contributed by atoms with van der Waals surface area (Å²) in [5.74, 6) is 1.44. The maximum Gasteiger partial charge on any atom is 0.266 e. The summed E-state index contributed by atoms with van der Waals surface area (Å²) in [6, 6.07) is 0.338. The van der Waals surface area contributed by atoms with E-state index in [1.54, 1.807) is 0 Å². The Morgan fingerprint density at radius 1 is 1.58 bits per heavy atom. The molecule has 1 aromatic rings. The van der Waals surface area contributed by atoms with E-state index in [0.717, 1.165) is 25.5 Å². The minimum absolute atomic E-state index is 0.0574. The Balaban J connectivity index is 2.19. The van der Waals surface area contributed by atoms with E-state index in [2.05, 4.69) is 56.6 Å². The molecule has 5 nitrogen and oxygen atoms in total. The van der Waals surface area contributed by atoms with Crippen molar-refractivity contribution in [3.63, 3.8) is 0 Å². The van der Waals surface area contributed by atoms with Gasteiger partial charge in [-0.2, -0.15) is 0 Å². The first kappa shape index (κ1) is 14.8. The predicted molar refractivity (Wildman–Crippen MR) is 85.7 cm³/mol. The molecule has 0 radical (unpaired) electrons. The van der Waals surface area contributed by atoms with E-state index in [4.69, 9.17) is 0 Å². The highest BCUT2D eigenvalue weighted by molar-refractivity contribution is 14.1. The van der Waals surface area contributed by atoms with Gasteiger partial charge in [0.15, 0.2) is 0 Å². The number of aromatic amines is 1. The van der Waals surface area contributed by atoms with E-state index < -0.39 is 0 Å². The molecule has 106 valence electrons. The van der Waals surface area contributed by atoms with Crippen molar-refractivity contribution in [3.05, 3.63) is 20.3 Å². The molecule has 0 aromatic carbocycles. The summed E-state index contributed by atoms with van der Waals surface area (Å²) in [4.78, 5) is 21.0. The molecule has 2 N–H and O–H groups in total. The zero-order valence-corrected chi connectivity index (χ0v) is 13.6. The Morgan fingerprint density at radius 3 is 3.00 bits per heavy atom. The van der Waals surface area contributed by atoms with Crippen LogP contribution in [0.1, 0.15) is 26.7 Å². The van der Waals surface area contributed by atoms with Gasteiger partial charge in [0.1, 0.15) is 9.39 Å². The molecule has 2 rings (SSSR count). The van der Waals surface area contributed by atoms with E-state index in [-0.39, 0.29) is 5.56 Å². The first-order valence-electron chi connectivity index (χ1n) is 6.80. The largest absolute Gasteiger partial charge is 0.353 e. The molecule has 19 heavy (non-hydrogen) atoms. The van der Waals surface area contributed by atoms with E-state index >= 15 is 0 Å². The number of aromatic nitrogens is 2. The number of anilines is 1. The van der Waals surface area contributed by atoms with Crippen LogP contribution in [0.25, 0.3) is 0 Å². The van der Waals surface area contributed by atoms with Gasteiger partial charge in [-0.15, -0.1) is 0 Å². The quantitative estimate of drug-likeness (QED) is 0.784. The molecule has 2 heterocycles. The van der Waals surface area contributed by atoms with Crippen LogP contribution in [0.5, 0.6) is 0 Å². The molecule has 0 saturated carbocycles. The second kappa shape index (κ2) is 6.69. The van der Waals surface area contributed by atoms with Crippen molar-refractivity contribution in [2.24, 2.45) is 5.92 Å². The molecule has 0 amide bonds. The van der Waals surface area contributed by atoms with Crippen molar-refractivity contribution in [2.75, 3.05) is 24.5 Å². The van der Waals surface area contributed by atoms with Gasteiger partial charge in [-0.05, 0) is 68.3 Å². The normalized spacial score (nSPS) is 19.7. The van der Waals surface area contributed by atoms with Gasteiger partial charge in [0.25, 0.3) is 5.56 Å². The summed E-state index contributed by atoms with van der Waals surface area (Å²) in [5, 5.41) is 3.44. The molecular formula is C13H21IN4O. The van der Waals surface area contributed by atoms with Gasteiger partial charge in [-0.25, -0.2) is 4.98 Å². The Kier molecular flexibility index (Phi) is 5.20. The topological polar surface area (TPSA) is 61.0 Å². The van der Waals surface area contributed by atoms with E-state index in [1.807, 2.05) is 0 Å². The maximum atomic E-state index is 11.7. The lowest BCUT2D eigenvalue weighted by Crippen LogP contribution is -2.42. The average Bonchev–Trinajstić information content (AvgIpc) is 2.40. The lowest BCUT2D eigenvalue weighted by molar-refractivity contribution is 0.370. The Labute approximate surface area is 127 Å². The third-order valence-corrected chi connectivity index (χ3v) is 4.50. The van der Waals surface area contributed by atoms with E-state index in [1.165, 1.54) is 19.2 Å². The molecule has 1 unspecified atom stereocenters. The van der Waals surface area contributed by atoms with Gasteiger partial charge in [0.2, 0.25) is 0 Å². The molecule has 0 aliphatic carbocycles. The molecule has 1 aromatic heterocycles. The highest BCUT2D eigenvalue weighted by Gasteiger charge is 2.22. The minimum atomic E-state index is -0.0574. The molecule has 0 bridgehead atoms. The first-order chi connectivity index (χ1) is 9.09. The summed E-state index contributed by atoms with van der Waals surface area (Å²) < 4.78 is 0.678. The van der Waals surface area contributed by atoms with Crippen LogP contribution in [0.4, 0.5) is 5.82 Å². The van der Waals surface area contributed by atoms with Gasteiger partial charge >= 0.3 is 0 Å². The summed E-state index contributed by atoms with van der Waals surface area (Å²) in [6.45, 7) is 7.43. The Bertz CT molecular complexity index is 468. The number of rotatable bonds is 4. The van der Waals surface area contributed by atoms with Gasteiger partial charge in [-0.1, -0.05) is 0 Å². The summed E-state index contributed by atoms with van der Waals surface area (Å²) in [6.07, 6.45) is 3.97. The summed E-state index contributed by atoms with van der Waals surface area (Å²) >= 11 is 2.08. The Morgan fingerprint density at radius 2 is 2.37 bits per heavy atom. The fraction of sp³-hybridized carbons (Fsp3) is 0.692. The fourth-order valence-corrected chi connectivity index (χ4v) is 3.08. The van der Waals surface area contributed by atoms with Crippen molar-refractivity contribution in [1.29, 1.82) is 0 Å². The second-order valence-corrected chi connectivity index (χ2v) is 6.41. The van der Waals surface area contributed by atoms with Crippen molar-refractivity contribution >= 4 is 28.4 Å². The number of H-pyrrole nitrogens is 1. The van der Waals surface area contributed by atoms with Crippen LogP contribution in [0, 0.1) is 9.49 Å². The zero-order valence-electron chi connectivity index (χ0n) is 11.4. The average molecular weight is 376 g/mol. The molecule has 1 aliphatic heterocycles. The fourth-order valence-electron chi connectivity index (χ4n) is 2.47. The highest BCUT2D eigenvalue weighted by atomic mass is 127. The van der Waals surface area contributed by atoms with Gasteiger partial charge < -0.3 is 15.2 Å². The van der Waals surface area contributed by atoms with Crippen LogP contribution in [0.3, 0.4) is 0 Å². The third kappa shape index (κ3) is 3.68. The van der Waals surface area contributed by atoms with Crippen LogP contribution in [-0.4, -0.2) is 35.6 Å². The number of piperidine rings is 1. The van der Waals surface area contributed by atoms with Gasteiger partial charge in [-0.3, -0.25) is 4.79 Å². The molecule has 1 fully saturated rings. The van der Waals surface area contributed by atoms with Crippen LogP contribution in [0.2, 0.25) is 0 Å². The summed E-state index contributed by atoms with van der Waals surface area (Å²) in [7, 11) is 0. The monoisotopic (exact) mass is 376 g/mol. The number of nitrogens with zero attached hydrogens (tertiary/aromatic N) is 2. The Hall–Kier alpha value is -0.630. The zero-order chi connectivity index (χ0) is 13.8. The van der Waals surface area contributed by atoms with Gasteiger partial charge in [0.05, 0.1) is 6.33 Å². The third-order valence-electron chi connectivity index (χ3n) is 3.53. The minimum Gasteiger partial charge on any atom is -0.353 e. The first-order valence-corrected chi connectivity index (χ1v) is 7.88. The molecule has 1 aliphatic rings. The highest BCUT2D eigenvalue weighted by Crippen LogP contribution is 2.21.